The lowest BCUT2D eigenvalue weighted by Gasteiger charge is -2.18. The number of aryl methyl sites for hydroxylation is 2. The van der Waals surface area contributed by atoms with Crippen molar-refractivity contribution in [1.82, 2.24) is 4.72 Å². The maximum atomic E-state index is 13.2. The number of carbonyl (C=O) groups is 1. The molecule has 0 aliphatic rings. The Morgan fingerprint density at radius 2 is 1.70 bits per heavy atom. The average molecular weight is 520 g/mol. The van der Waals surface area contributed by atoms with E-state index in [4.69, 9.17) is 9.15 Å². The molecule has 1 atom stereocenters. The van der Waals surface area contributed by atoms with Gasteiger partial charge in [0, 0.05) is 17.0 Å². The van der Waals surface area contributed by atoms with E-state index < -0.39 is 27.7 Å². The summed E-state index contributed by atoms with van der Waals surface area (Å²) >= 11 is 0. The zero-order chi connectivity index (χ0) is 26.6. The number of sulfonamides is 1. The minimum absolute atomic E-state index is 0.0507. The van der Waals surface area contributed by atoms with Crippen LogP contribution in [-0.2, 0) is 27.7 Å². The molecule has 0 radical (unpaired) electrons. The summed E-state index contributed by atoms with van der Waals surface area (Å²) in [7, 11) is -4.00. The number of nitrogens with one attached hydrogen (secondary N) is 1. The van der Waals surface area contributed by atoms with E-state index in [9.17, 15) is 18.0 Å². The summed E-state index contributed by atoms with van der Waals surface area (Å²) in [6.45, 7) is 5.72. The topological polar surface area (TPSA) is 103 Å². The van der Waals surface area contributed by atoms with Crippen LogP contribution in [0.1, 0.15) is 35.6 Å². The van der Waals surface area contributed by atoms with Crippen LogP contribution in [0.2, 0.25) is 0 Å². The molecule has 8 heteroatoms. The molecule has 0 fully saturated rings. The van der Waals surface area contributed by atoms with Gasteiger partial charge in [-0.1, -0.05) is 61.4 Å². The Bertz CT molecular complexity index is 1580. The molecule has 0 saturated carbocycles. The second-order valence-electron chi connectivity index (χ2n) is 9.00. The van der Waals surface area contributed by atoms with Gasteiger partial charge in [-0.05, 0) is 62.1 Å². The molecule has 4 aromatic rings. The van der Waals surface area contributed by atoms with Crippen LogP contribution in [0, 0.1) is 13.8 Å². The van der Waals surface area contributed by atoms with E-state index in [1.54, 1.807) is 24.3 Å². The molecule has 0 spiro atoms. The molecule has 3 aromatic carbocycles. The highest BCUT2D eigenvalue weighted by Crippen LogP contribution is 2.25. The summed E-state index contributed by atoms with van der Waals surface area (Å²) in [5.41, 5.74) is 3.03. The predicted molar refractivity (Wildman–Crippen MR) is 142 cm³/mol. The molecular weight excluding hydrogens is 490 g/mol. The van der Waals surface area contributed by atoms with E-state index in [2.05, 4.69) is 4.72 Å². The van der Waals surface area contributed by atoms with Crippen molar-refractivity contribution in [3.8, 4) is 5.75 Å². The molecule has 0 bridgehead atoms. The molecule has 0 aliphatic carbocycles. The van der Waals surface area contributed by atoms with Crippen molar-refractivity contribution in [3.63, 3.8) is 0 Å². The van der Waals surface area contributed by atoms with Crippen LogP contribution in [0.15, 0.2) is 86.9 Å². The third kappa shape index (κ3) is 6.15. The van der Waals surface area contributed by atoms with Crippen molar-refractivity contribution in [3.05, 3.63) is 105 Å². The highest BCUT2D eigenvalue weighted by Gasteiger charge is 2.28. The molecule has 1 N–H and O–H groups in total. The number of fused-ring (bicyclic) bond motifs is 1. The fourth-order valence-electron chi connectivity index (χ4n) is 4.16. The molecular formula is C29H29NO6S. The first-order valence-corrected chi connectivity index (χ1v) is 13.6. The second-order valence-corrected chi connectivity index (χ2v) is 10.7. The Balaban J connectivity index is 1.63. The molecule has 0 saturated heterocycles. The number of esters is 1. The monoisotopic (exact) mass is 519 g/mol. The van der Waals surface area contributed by atoms with Crippen LogP contribution in [0.5, 0.6) is 5.75 Å². The van der Waals surface area contributed by atoms with Gasteiger partial charge in [0.1, 0.15) is 17.4 Å². The fraction of sp³-hybridized carbons (Fsp3) is 0.241. The van der Waals surface area contributed by atoms with Gasteiger partial charge in [0.15, 0.2) is 0 Å². The van der Waals surface area contributed by atoms with Gasteiger partial charge in [-0.15, -0.1) is 0 Å². The SMILES string of the molecule is CCCc1c(C)c2ccc(OC(=O)[C@H](Cc3ccccc3)NS(=O)(=O)c3ccc(C)cc3)cc2oc1=O. The third-order valence-corrected chi connectivity index (χ3v) is 7.66. The Kier molecular flexibility index (Phi) is 7.90. The quantitative estimate of drug-likeness (QED) is 0.193. The lowest BCUT2D eigenvalue weighted by Crippen LogP contribution is -2.44. The maximum Gasteiger partial charge on any atom is 0.339 e. The number of carbonyl (C=O) groups excluding carboxylic acids is 1. The molecule has 4 rings (SSSR count). The van der Waals surface area contributed by atoms with Gasteiger partial charge in [0.05, 0.1) is 4.90 Å². The zero-order valence-corrected chi connectivity index (χ0v) is 21.8. The number of ether oxygens (including phenoxy) is 1. The molecule has 0 aliphatic heterocycles. The number of benzene rings is 3. The van der Waals surface area contributed by atoms with Gasteiger partial charge >= 0.3 is 11.6 Å². The van der Waals surface area contributed by atoms with Gasteiger partial charge < -0.3 is 9.15 Å². The number of rotatable bonds is 9. The van der Waals surface area contributed by atoms with Crippen LogP contribution < -0.4 is 15.1 Å². The molecule has 37 heavy (non-hydrogen) atoms. The predicted octanol–water partition coefficient (Wildman–Crippen LogP) is 4.86. The fourth-order valence-corrected chi connectivity index (χ4v) is 5.34. The van der Waals surface area contributed by atoms with Crippen molar-refractivity contribution in [2.24, 2.45) is 0 Å². The molecule has 7 nitrogen and oxygen atoms in total. The van der Waals surface area contributed by atoms with Gasteiger partial charge in [-0.2, -0.15) is 4.72 Å². The lowest BCUT2D eigenvalue weighted by atomic mass is 10.0. The van der Waals surface area contributed by atoms with E-state index >= 15 is 0 Å². The Labute approximate surface area is 216 Å². The van der Waals surface area contributed by atoms with Crippen LogP contribution in [0.25, 0.3) is 11.0 Å². The van der Waals surface area contributed by atoms with Gasteiger partial charge in [0.25, 0.3) is 0 Å². The van der Waals surface area contributed by atoms with Crippen LogP contribution in [0.3, 0.4) is 0 Å². The lowest BCUT2D eigenvalue weighted by molar-refractivity contribution is -0.136. The minimum atomic E-state index is -4.00. The normalized spacial score (nSPS) is 12.4. The summed E-state index contributed by atoms with van der Waals surface area (Å²) in [5, 5.41) is 0.753. The second kappa shape index (κ2) is 11.1. The van der Waals surface area contributed by atoms with Gasteiger partial charge in [-0.3, -0.25) is 0 Å². The van der Waals surface area contributed by atoms with Crippen molar-refractivity contribution in [2.45, 2.75) is 51.0 Å². The highest BCUT2D eigenvalue weighted by atomic mass is 32.2. The standard InChI is InChI=1S/C29H29NO6S/c1-4-8-25-20(3)24-16-13-22(18-27(24)36-28(25)31)35-29(32)26(17-21-9-6-5-7-10-21)30-37(33,34)23-14-11-19(2)12-15-23/h5-7,9-16,18,26,30H,4,8,17H2,1-3H3/t26-/m0/s1. The number of hydrogen-bond donors (Lipinski definition) is 1. The van der Waals surface area contributed by atoms with Crippen LogP contribution >= 0.6 is 0 Å². The van der Waals surface area contributed by atoms with E-state index in [-0.39, 0.29) is 17.1 Å². The van der Waals surface area contributed by atoms with Crippen molar-refractivity contribution < 1.29 is 22.4 Å². The summed E-state index contributed by atoms with van der Waals surface area (Å²) in [4.78, 5) is 25.7. The first kappa shape index (κ1) is 26.3. The number of hydrogen-bond acceptors (Lipinski definition) is 6. The average Bonchev–Trinajstić information content (AvgIpc) is 2.87. The third-order valence-electron chi connectivity index (χ3n) is 6.17. The zero-order valence-electron chi connectivity index (χ0n) is 21.0. The Hall–Kier alpha value is -3.75. The Morgan fingerprint density at radius 3 is 2.38 bits per heavy atom. The first-order chi connectivity index (χ1) is 17.7. The molecule has 0 unspecified atom stereocenters. The van der Waals surface area contributed by atoms with E-state index in [0.717, 1.165) is 28.5 Å². The van der Waals surface area contributed by atoms with Crippen LogP contribution in [-0.4, -0.2) is 20.4 Å². The molecule has 1 aromatic heterocycles. The summed E-state index contributed by atoms with van der Waals surface area (Å²) in [5.74, 6) is -0.628. The van der Waals surface area contributed by atoms with Gasteiger partial charge in [0.2, 0.25) is 10.0 Å². The summed E-state index contributed by atoms with van der Waals surface area (Å²) < 4.78 is 39.7. The summed E-state index contributed by atoms with van der Waals surface area (Å²) in [6, 6.07) is 19.1. The summed E-state index contributed by atoms with van der Waals surface area (Å²) in [6.07, 6.45) is 1.52. The largest absolute Gasteiger partial charge is 0.425 e. The minimum Gasteiger partial charge on any atom is -0.425 e. The molecule has 192 valence electrons. The van der Waals surface area contributed by atoms with Crippen molar-refractivity contribution in [1.29, 1.82) is 0 Å². The van der Waals surface area contributed by atoms with Crippen LogP contribution in [0.4, 0.5) is 0 Å². The van der Waals surface area contributed by atoms with E-state index in [0.29, 0.717) is 17.6 Å². The van der Waals surface area contributed by atoms with Gasteiger partial charge in [-0.25, -0.2) is 18.0 Å². The first-order valence-electron chi connectivity index (χ1n) is 12.1. The van der Waals surface area contributed by atoms with E-state index in [1.165, 1.54) is 18.2 Å². The van der Waals surface area contributed by atoms with Crippen molar-refractivity contribution >= 4 is 27.0 Å². The smallest absolute Gasteiger partial charge is 0.339 e. The Morgan fingerprint density at radius 1 is 1.00 bits per heavy atom. The maximum absolute atomic E-state index is 13.2. The highest BCUT2D eigenvalue weighted by molar-refractivity contribution is 7.89. The van der Waals surface area contributed by atoms with Crippen molar-refractivity contribution in [2.75, 3.05) is 0 Å². The molecule has 0 amide bonds. The van der Waals surface area contributed by atoms with E-state index in [1.807, 2.05) is 51.1 Å². The molecule has 1 heterocycles.